The number of phosphoric ester groups is 1. The molecule has 2 N–H and O–H groups in total. The van der Waals surface area contributed by atoms with Gasteiger partial charge in [-0.05, 0) is 77.0 Å². The molecule has 432 valence electrons. The third-order valence-electron chi connectivity index (χ3n) is 13.2. The second-order valence-corrected chi connectivity index (χ2v) is 22.0. The average Bonchev–Trinajstić information content (AvgIpc) is 3.39. The molecular formula is C62H113O11P. The Morgan fingerprint density at radius 1 is 0.378 bits per heavy atom. The highest BCUT2D eigenvalue weighted by atomic mass is 31.2. The second kappa shape index (κ2) is 56.6. The minimum atomic E-state index is -4.75. The van der Waals surface area contributed by atoms with Crippen LogP contribution < -0.4 is 0 Å². The van der Waals surface area contributed by atoms with Crippen molar-refractivity contribution in [3.05, 3.63) is 48.6 Å². The number of hydrogen-bond acceptors (Lipinski definition) is 10. The highest BCUT2D eigenvalue weighted by molar-refractivity contribution is 7.47. The Morgan fingerprint density at radius 3 is 1.08 bits per heavy atom. The van der Waals surface area contributed by atoms with Gasteiger partial charge in [0.2, 0.25) is 0 Å². The van der Waals surface area contributed by atoms with Crippen LogP contribution in [0.15, 0.2) is 48.6 Å². The van der Waals surface area contributed by atoms with E-state index in [0.717, 1.165) is 103 Å². The van der Waals surface area contributed by atoms with Gasteiger partial charge in [-0.15, -0.1) is 0 Å². The Kier molecular flexibility index (Phi) is 54.7. The van der Waals surface area contributed by atoms with Crippen molar-refractivity contribution in [1.29, 1.82) is 0 Å². The number of hydrogen-bond donors (Lipinski definition) is 2. The van der Waals surface area contributed by atoms with Crippen molar-refractivity contribution in [1.82, 2.24) is 0 Å². The summed E-state index contributed by atoms with van der Waals surface area (Å²) in [6.45, 7) is 4.58. The Labute approximate surface area is 453 Å². The fraction of sp³-hybridized carbons (Fsp3) is 0.823. The van der Waals surface area contributed by atoms with Gasteiger partial charge >= 0.3 is 25.7 Å². The third-order valence-corrected chi connectivity index (χ3v) is 14.2. The van der Waals surface area contributed by atoms with Gasteiger partial charge in [0, 0.05) is 19.3 Å². The van der Waals surface area contributed by atoms with E-state index >= 15 is 0 Å². The second-order valence-electron chi connectivity index (χ2n) is 20.5. The van der Waals surface area contributed by atoms with Crippen molar-refractivity contribution < 1.29 is 52.2 Å². The third kappa shape index (κ3) is 54.2. The van der Waals surface area contributed by atoms with E-state index in [0.29, 0.717) is 19.3 Å². The fourth-order valence-electron chi connectivity index (χ4n) is 8.54. The van der Waals surface area contributed by atoms with E-state index in [1.54, 1.807) is 0 Å². The first-order valence-electron chi connectivity index (χ1n) is 30.5. The number of esters is 3. The van der Waals surface area contributed by atoms with Gasteiger partial charge in [0.25, 0.3) is 0 Å². The normalized spacial score (nSPS) is 13.6. The van der Waals surface area contributed by atoms with E-state index in [2.05, 4.69) is 69.4 Å². The monoisotopic (exact) mass is 1060 g/mol. The number of allylic oxidation sites excluding steroid dienone is 8. The number of unbranched alkanes of at least 4 members (excludes halogenated alkanes) is 32. The molecule has 0 amide bonds. The summed E-state index contributed by atoms with van der Waals surface area (Å²) in [7, 11) is -4.75. The molecule has 0 rings (SSSR count). The van der Waals surface area contributed by atoms with Crippen molar-refractivity contribution in [3.8, 4) is 0 Å². The Hall–Kier alpha value is -2.56. The predicted molar refractivity (Wildman–Crippen MR) is 307 cm³/mol. The summed E-state index contributed by atoms with van der Waals surface area (Å²) >= 11 is 0. The van der Waals surface area contributed by atoms with Crippen LogP contribution in [0.1, 0.15) is 290 Å². The smallest absolute Gasteiger partial charge is 0.462 e. The standard InChI is InChI=1S/C62H113O11P/c1-4-7-10-13-16-19-22-25-27-29-31-34-36-39-42-45-48-51-60(64)69-55-59(73-62(66)53-50-47-44-41-38-35-32-30-28-26-23-20-17-14-11-8-5-2)57-71-74(67,68)70-56-58(54-63)72-61(65)52-49-46-43-40-37-33-24-21-18-15-12-9-6-3/h12,15,17,20-21,24,26,28,58-59,63H,4-11,13-14,16,18-19,22-23,25,27,29-57H2,1-3H3,(H,67,68)/b15-12-,20-17-,24-21-,28-26-. The molecule has 3 atom stereocenters. The van der Waals surface area contributed by atoms with Crippen molar-refractivity contribution in [3.63, 3.8) is 0 Å². The van der Waals surface area contributed by atoms with Crippen LogP contribution >= 0.6 is 7.82 Å². The van der Waals surface area contributed by atoms with Gasteiger partial charge in [-0.1, -0.05) is 243 Å². The number of aliphatic hydroxyl groups excluding tert-OH is 1. The Morgan fingerprint density at radius 2 is 0.689 bits per heavy atom. The van der Waals surface area contributed by atoms with Gasteiger partial charge in [0.05, 0.1) is 19.8 Å². The zero-order valence-electron chi connectivity index (χ0n) is 47.8. The van der Waals surface area contributed by atoms with E-state index in [9.17, 15) is 28.9 Å². The molecule has 0 saturated heterocycles. The summed E-state index contributed by atoms with van der Waals surface area (Å²) in [5.41, 5.74) is 0. The molecule has 0 aromatic carbocycles. The number of ether oxygens (including phenoxy) is 3. The Bertz CT molecular complexity index is 1430. The van der Waals surface area contributed by atoms with Gasteiger partial charge in [-0.3, -0.25) is 23.4 Å². The summed E-state index contributed by atoms with van der Waals surface area (Å²) in [5, 5.41) is 9.81. The van der Waals surface area contributed by atoms with E-state index < -0.39 is 57.8 Å². The number of rotatable bonds is 57. The Balaban J connectivity index is 4.71. The number of phosphoric acid groups is 1. The van der Waals surface area contributed by atoms with Crippen LogP contribution in [-0.2, 0) is 42.2 Å². The first kappa shape index (κ1) is 71.4. The SMILES string of the molecule is CCC/C=C\C/C=C\CCCCCCCC(=O)OC(CO)COP(=O)(O)OCC(COC(=O)CCCCCCCCCCCCCCCCCCC)OC(=O)CCCCCCCCC/C=C\C/C=C\CCCCC. The summed E-state index contributed by atoms with van der Waals surface area (Å²) in [4.78, 5) is 48.6. The maximum Gasteiger partial charge on any atom is 0.472 e. The quantitative estimate of drug-likeness (QED) is 0.0197. The van der Waals surface area contributed by atoms with Crippen LogP contribution in [0.25, 0.3) is 0 Å². The van der Waals surface area contributed by atoms with Crippen molar-refractivity contribution in [2.75, 3.05) is 26.4 Å². The average molecular weight is 1070 g/mol. The number of carbonyl (C=O) groups excluding carboxylic acids is 3. The lowest BCUT2D eigenvalue weighted by atomic mass is 10.0. The minimum Gasteiger partial charge on any atom is -0.462 e. The molecular weight excluding hydrogens is 952 g/mol. The van der Waals surface area contributed by atoms with Gasteiger partial charge < -0.3 is 24.2 Å². The first-order chi connectivity index (χ1) is 36.2. The molecule has 3 unspecified atom stereocenters. The molecule has 0 aliphatic rings. The lowest BCUT2D eigenvalue weighted by molar-refractivity contribution is -0.161. The molecule has 12 heteroatoms. The minimum absolute atomic E-state index is 0.160. The van der Waals surface area contributed by atoms with Crippen LogP contribution in [0.4, 0.5) is 0 Å². The van der Waals surface area contributed by atoms with Crippen LogP contribution in [0, 0.1) is 0 Å². The maximum absolute atomic E-state index is 12.9. The van der Waals surface area contributed by atoms with Crippen molar-refractivity contribution >= 4 is 25.7 Å². The lowest BCUT2D eigenvalue weighted by Gasteiger charge is -2.21. The van der Waals surface area contributed by atoms with Gasteiger partial charge in [0.1, 0.15) is 12.7 Å². The van der Waals surface area contributed by atoms with E-state index in [1.807, 2.05) is 0 Å². The van der Waals surface area contributed by atoms with Gasteiger partial charge in [0.15, 0.2) is 6.10 Å². The summed E-state index contributed by atoms with van der Waals surface area (Å²) in [5.74, 6) is -1.47. The van der Waals surface area contributed by atoms with Crippen molar-refractivity contribution in [2.45, 2.75) is 303 Å². The van der Waals surface area contributed by atoms with Crippen LogP contribution in [0.3, 0.4) is 0 Å². The van der Waals surface area contributed by atoms with Gasteiger partial charge in [-0.2, -0.15) is 0 Å². The summed E-state index contributed by atoms with van der Waals surface area (Å²) in [6, 6.07) is 0. The zero-order valence-corrected chi connectivity index (χ0v) is 48.7. The molecule has 74 heavy (non-hydrogen) atoms. The topological polar surface area (TPSA) is 155 Å². The maximum atomic E-state index is 12.9. The first-order valence-corrected chi connectivity index (χ1v) is 32.0. The fourth-order valence-corrected chi connectivity index (χ4v) is 9.33. The van der Waals surface area contributed by atoms with Crippen LogP contribution in [-0.4, -0.2) is 66.5 Å². The molecule has 0 aliphatic carbocycles. The molecule has 0 saturated carbocycles. The molecule has 11 nitrogen and oxygen atoms in total. The largest absolute Gasteiger partial charge is 0.472 e. The van der Waals surface area contributed by atoms with E-state index in [1.165, 1.54) is 128 Å². The number of aliphatic hydroxyl groups is 1. The highest BCUT2D eigenvalue weighted by Gasteiger charge is 2.28. The molecule has 0 fully saturated rings. The zero-order chi connectivity index (χ0) is 54.1. The summed E-state index contributed by atoms with van der Waals surface area (Å²) < 4.78 is 39.6. The molecule has 0 bridgehead atoms. The van der Waals surface area contributed by atoms with Gasteiger partial charge in [-0.25, -0.2) is 4.57 Å². The molecule has 0 spiro atoms. The highest BCUT2D eigenvalue weighted by Crippen LogP contribution is 2.43. The molecule has 0 aromatic rings. The van der Waals surface area contributed by atoms with Crippen LogP contribution in [0.5, 0.6) is 0 Å². The predicted octanol–water partition coefficient (Wildman–Crippen LogP) is 18.1. The van der Waals surface area contributed by atoms with E-state index in [4.69, 9.17) is 23.3 Å². The summed E-state index contributed by atoms with van der Waals surface area (Å²) in [6.07, 6.45) is 60.6. The number of carbonyl (C=O) groups is 3. The molecule has 0 aliphatic heterocycles. The lowest BCUT2D eigenvalue weighted by Crippen LogP contribution is -2.30. The molecule has 0 aromatic heterocycles. The molecule has 0 heterocycles. The molecule has 0 radical (unpaired) electrons. The van der Waals surface area contributed by atoms with Crippen molar-refractivity contribution in [2.24, 2.45) is 0 Å². The van der Waals surface area contributed by atoms with E-state index in [-0.39, 0.29) is 25.9 Å². The van der Waals surface area contributed by atoms with Crippen LogP contribution in [0.2, 0.25) is 0 Å².